The predicted molar refractivity (Wildman–Crippen MR) is 75.6 cm³/mol. The summed E-state index contributed by atoms with van der Waals surface area (Å²) >= 11 is 1.90. The van der Waals surface area contributed by atoms with Crippen molar-refractivity contribution in [3.05, 3.63) is 29.8 Å². The van der Waals surface area contributed by atoms with Gasteiger partial charge in [-0.15, -0.1) is 11.8 Å². The first kappa shape index (κ1) is 14.6. The number of aliphatic hydroxyl groups excluding tert-OH is 1. The Hall–Kier alpha value is -0.510. The van der Waals surface area contributed by atoms with E-state index >= 15 is 0 Å². The van der Waals surface area contributed by atoms with Crippen LogP contribution in [0.5, 0.6) is 0 Å². The van der Waals surface area contributed by atoms with Gasteiger partial charge in [-0.25, -0.2) is 0 Å². The van der Waals surface area contributed by atoms with Gasteiger partial charge in [-0.05, 0) is 50.4 Å². The number of hydrogen-bond donors (Lipinski definition) is 1. The van der Waals surface area contributed by atoms with Crippen molar-refractivity contribution in [1.82, 2.24) is 4.90 Å². The minimum Gasteiger partial charge on any atom is -0.396 e. The Balaban J connectivity index is 2.70. The second-order valence-electron chi connectivity index (χ2n) is 4.41. The summed E-state index contributed by atoms with van der Waals surface area (Å²) in [5.41, 5.74) is 1.28. The van der Waals surface area contributed by atoms with E-state index in [1.54, 1.807) is 0 Å². The van der Waals surface area contributed by atoms with Crippen molar-refractivity contribution in [2.24, 2.45) is 0 Å². The van der Waals surface area contributed by atoms with Gasteiger partial charge < -0.3 is 10.0 Å². The van der Waals surface area contributed by atoms with E-state index in [2.05, 4.69) is 50.2 Å². The molecule has 0 saturated carbocycles. The SMILES string of the molecule is CCCSc1ccc(C(CCO)N(C)C)cc1. The van der Waals surface area contributed by atoms with Gasteiger partial charge in [-0.2, -0.15) is 0 Å². The van der Waals surface area contributed by atoms with E-state index in [-0.39, 0.29) is 6.61 Å². The van der Waals surface area contributed by atoms with E-state index in [1.165, 1.54) is 22.6 Å². The van der Waals surface area contributed by atoms with E-state index in [4.69, 9.17) is 5.11 Å². The molecule has 1 aromatic rings. The predicted octanol–water partition coefficient (Wildman–Crippen LogP) is 3.17. The summed E-state index contributed by atoms with van der Waals surface area (Å²) in [5, 5.41) is 9.09. The molecule has 0 aromatic heterocycles. The summed E-state index contributed by atoms with van der Waals surface area (Å²) in [6.45, 7) is 2.43. The van der Waals surface area contributed by atoms with Crippen LogP contribution < -0.4 is 0 Å². The lowest BCUT2D eigenvalue weighted by molar-refractivity contribution is 0.211. The maximum absolute atomic E-state index is 9.09. The van der Waals surface area contributed by atoms with Crippen molar-refractivity contribution < 1.29 is 5.11 Å². The molecule has 3 heteroatoms. The average molecular weight is 253 g/mol. The lowest BCUT2D eigenvalue weighted by atomic mass is 10.0. The Morgan fingerprint density at radius 3 is 2.35 bits per heavy atom. The highest BCUT2D eigenvalue weighted by Gasteiger charge is 2.12. The maximum Gasteiger partial charge on any atom is 0.0449 e. The van der Waals surface area contributed by atoms with Gasteiger partial charge in [-0.1, -0.05) is 19.1 Å². The van der Waals surface area contributed by atoms with Crippen LogP contribution in [0.4, 0.5) is 0 Å². The minimum absolute atomic E-state index is 0.231. The smallest absolute Gasteiger partial charge is 0.0449 e. The maximum atomic E-state index is 9.09. The Bertz CT molecular complexity index is 311. The molecular weight excluding hydrogens is 230 g/mol. The molecule has 0 radical (unpaired) electrons. The Morgan fingerprint density at radius 2 is 1.88 bits per heavy atom. The fraction of sp³-hybridized carbons (Fsp3) is 0.571. The summed E-state index contributed by atoms with van der Waals surface area (Å²) < 4.78 is 0. The Labute approximate surface area is 109 Å². The van der Waals surface area contributed by atoms with Crippen molar-refractivity contribution in [1.29, 1.82) is 0 Å². The van der Waals surface area contributed by atoms with Gasteiger partial charge in [0.15, 0.2) is 0 Å². The molecule has 17 heavy (non-hydrogen) atoms. The molecule has 1 rings (SSSR count). The van der Waals surface area contributed by atoms with Gasteiger partial charge in [0.25, 0.3) is 0 Å². The van der Waals surface area contributed by atoms with Gasteiger partial charge in [-0.3, -0.25) is 0 Å². The Kier molecular flexibility index (Phi) is 6.63. The van der Waals surface area contributed by atoms with E-state index < -0.39 is 0 Å². The van der Waals surface area contributed by atoms with Crippen LogP contribution >= 0.6 is 11.8 Å². The molecule has 0 aliphatic heterocycles. The van der Waals surface area contributed by atoms with E-state index in [0.717, 1.165) is 6.42 Å². The number of hydrogen-bond acceptors (Lipinski definition) is 3. The highest BCUT2D eigenvalue weighted by atomic mass is 32.2. The van der Waals surface area contributed by atoms with Crippen LogP contribution in [0.2, 0.25) is 0 Å². The molecular formula is C14H23NOS. The number of aliphatic hydroxyl groups is 1. The van der Waals surface area contributed by atoms with Crippen LogP contribution in [-0.2, 0) is 0 Å². The summed E-state index contributed by atoms with van der Waals surface area (Å²) in [7, 11) is 4.11. The van der Waals surface area contributed by atoms with Gasteiger partial charge in [0.1, 0.15) is 0 Å². The van der Waals surface area contributed by atoms with E-state index in [1.807, 2.05) is 11.8 Å². The fourth-order valence-electron chi connectivity index (χ4n) is 1.85. The standard InChI is InChI=1S/C14H23NOS/c1-4-11-17-13-7-5-12(6-8-13)14(9-10-16)15(2)3/h5-8,14,16H,4,9-11H2,1-3H3. The third-order valence-electron chi connectivity index (χ3n) is 2.76. The minimum atomic E-state index is 0.231. The highest BCUT2D eigenvalue weighted by Crippen LogP contribution is 2.25. The van der Waals surface area contributed by atoms with E-state index in [0.29, 0.717) is 6.04 Å². The number of nitrogens with zero attached hydrogens (tertiary/aromatic N) is 1. The second kappa shape index (κ2) is 7.75. The quantitative estimate of drug-likeness (QED) is 0.755. The molecule has 0 bridgehead atoms. The zero-order valence-electron chi connectivity index (χ0n) is 11.0. The molecule has 0 aliphatic carbocycles. The van der Waals surface area contributed by atoms with Crippen LogP contribution in [0.25, 0.3) is 0 Å². The molecule has 1 unspecified atom stereocenters. The van der Waals surface area contributed by atoms with Crippen molar-refractivity contribution in [3.8, 4) is 0 Å². The van der Waals surface area contributed by atoms with Gasteiger partial charge in [0.05, 0.1) is 0 Å². The topological polar surface area (TPSA) is 23.5 Å². The van der Waals surface area contributed by atoms with Crippen LogP contribution in [0.3, 0.4) is 0 Å². The second-order valence-corrected chi connectivity index (χ2v) is 5.58. The van der Waals surface area contributed by atoms with Gasteiger partial charge >= 0.3 is 0 Å². The zero-order chi connectivity index (χ0) is 12.7. The number of benzene rings is 1. The molecule has 2 nitrogen and oxygen atoms in total. The van der Waals surface area contributed by atoms with Crippen molar-refractivity contribution in [3.63, 3.8) is 0 Å². The molecule has 0 heterocycles. The third kappa shape index (κ3) is 4.70. The van der Waals surface area contributed by atoms with Gasteiger partial charge in [0, 0.05) is 17.5 Å². The van der Waals surface area contributed by atoms with Crippen LogP contribution in [0.15, 0.2) is 29.2 Å². The van der Waals surface area contributed by atoms with Crippen molar-refractivity contribution >= 4 is 11.8 Å². The number of thioether (sulfide) groups is 1. The monoisotopic (exact) mass is 253 g/mol. The molecule has 0 fully saturated rings. The van der Waals surface area contributed by atoms with Crippen molar-refractivity contribution in [2.75, 3.05) is 26.5 Å². The van der Waals surface area contributed by atoms with Gasteiger partial charge in [0.2, 0.25) is 0 Å². The largest absolute Gasteiger partial charge is 0.396 e. The molecule has 0 amide bonds. The first-order chi connectivity index (χ1) is 8.19. The van der Waals surface area contributed by atoms with Crippen molar-refractivity contribution in [2.45, 2.75) is 30.7 Å². The summed E-state index contributed by atoms with van der Waals surface area (Å²) in [6.07, 6.45) is 1.99. The number of rotatable bonds is 7. The van der Waals surface area contributed by atoms with Crippen LogP contribution in [0, 0.1) is 0 Å². The zero-order valence-corrected chi connectivity index (χ0v) is 11.8. The summed E-state index contributed by atoms with van der Waals surface area (Å²) in [6, 6.07) is 9.04. The average Bonchev–Trinajstić information content (AvgIpc) is 2.34. The lowest BCUT2D eigenvalue weighted by Crippen LogP contribution is -2.20. The Morgan fingerprint density at radius 1 is 1.24 bits per heavy atom. The molecule has 0 spiro atoms. The normalized spacial score (nSPS) is 13.0. The molecule has 1 N–H and O–H groups in total. The molecule has 0 aliphatic rings. The first-order valence-corrected chi connectivity index (χ1v) is 7.17. The summed E-state index contributed by atoms with van der Waals surface area (Å²) in [4.78, 5) is 3.49. The molecule has 1 aromatic carbocycles. The summed E-state index contributed by atoms with van der Waals surface area (Å²) in [5.74, 6) is 1.17. The van der Waals surface area contributed by atoms with Crippen LogP contribution in [-0.4, -0.2) is 36.5 Å². The molecule has 1 atom stereocenters. The lowest BCUT2D eigenvalue weighted by Gasteiger charge is -2.24. The van der Waals surface area contributed by atoms with E-state index in [9.17, 15) is 0 Å². The highest BCUT2D eigenvalue weighted by molar-refractivity contribution is 7.99. The molecule has 96 valence electrons. The fourth-order valence-corrected chi connectivity index (χ4v) is 2.62. The first-order valence-electron chi connectivity index (χ1n) is 6.19. The third-order valence-corrected chi connectivity index (χ3v) is 3.98. The van der Waals surface area contributed by atoms with Crippen LogP contribution in [0.1, 0.15) is 31.4 Å². The molecule has 0 saturated heterocycles.